The normalized spacial score (nSPS) is 31.6. The lowest BCUT2D eigenvalue weighted by Crippen LogP contribution is -2.47. The number of phosphoric acid groups is 1. The first kappa shape index (κ1) is 37.9. The van der Waals surface area contributed by atoms with Crippen molar-refractivity contribution < 1.29 is 52.4 Å². The van der Waals surface area contributed by atoms with E-state index >= 15 is 4.39 Å². The number of nitrogen functional groups attached to an aromatic ring is 2. The molecule has 2 aliphatic rings. The van der Waals surface area contributed by atoms with Crippen molar-refractivity contribution in [1.29, 1.82) is 0 Å². The van der Waals surface area contributed by atoms with Gasteiger partial charge in [-0.3, -0.25) is 33.2 Å². The molecule has 30 heteroatoms. The van der Waals surface area contributed by atoms with Gasteiger partial charge in [-0.2, -0.15) is 9.97 Å². The molecular weight excluding hydrogens is 733 g/mol. The molecule has 0 radical (unpaired) electrons. The third kappa shape index (κ3) is 6.26. The minimum Gasteiger partial charge on any atom is -0.390 e. The molecule has 27 nitrogen and oxygen atoms in total. The first-order chi connectivity index (χ1) is 24.2. The fraction of sp³-hybridized carbons (Fsp3) is 0.545. The van der Waals surface area contributed by atoms with E-state index in [4.69, 9.17) is 41.8 Å². The molecule has 2 fully saturated rings. The Morgan fingerprint density at radius 2 is 1.33 bits per heavy atom. The molecule has 52 heavy (non-hydrogen) atoms. The van der Waals surface area contributed by atoms with Crippen molar-refractivity contribution in [2.45, 2.75) is 61.3 Å². The molecule has 8 atom stereocenters. The first-order valence-corrected chi connectivity index (χ1v) is 15.7. The number of fused-ring (bicyclic) bond motifs is 2. The number of aromatic amines is 2. The molecule has 0 amide bonds. The van der Waals surface area contributed by atoms with Gasteiger partial charge >= 0.3 is 7.82 Å². The number of alkyl halides is 2. The van der Waals surface area contributed by atoms with Crippen molar-refractivity contribution in [3.8, 4) is 0 Å². The Bertz CT molecular complexity index is 2300. The third-order valence-corrected chi connectivity index (χ3v) is 8.58. The fourth-order valence-electron chi connectivity index (χ4n) is 5.60. The summed E-state index contributed by atoms with van der Waals surface area (Å²) in [4.78, 5) is 66.4. The second-order valence-electron chi connectivity index (χ2n) is 11.6. The number of aromatic nitrogens is 8. The van der Waals surface area contributed by atoms with Crippen LogP contribution in [-0.4, -0.2) is 112 Å². The summed E-state index contributed by atoms with van der Waals surface area (Å²) >= 11 is 0. The second-order valence-corrected chi connectivity index (χ2v) is 12.9. The van der Waals surface area contributed by atoms with Crippen LogP contribution in [0.3, 0.4) is 0 Å². The zero-order chi connectivity index (χ0) is 38.6. The summed E-state index contributed by atoms with van der Waals surface area (Å²) in [5.41, 5.74) is 22.8. The van der Waals surface area contributed by atoms with Crippen molar-refractivity contribution in [3.05, 3.63) is 54.2 Å². The largest absolute Gasteiger partial charge is 0.469 e. The first-order valence-electron chi connectivity index (χ1n) is 14.2. The van der Waals surface area contributed by atoms with E-state index in [2.05, 4.69) is 54.5 Å². The highest BCUT2D eigenvalue weighted by atomic mass is 31.2. The molecule has 0 bridgehead atoms. The highest BCUT2D eigenvalue weighted by molar-refractivity contribution is 7.46. The van der Waals surface area contributed by atoms with Gasteiger partial charge < -0.3 is 46.0 Å². The van der Waals surface area contributed by atoms with Gasteiger partial charge in [0.25, 0.3) is 22.8 Å². The highest BCUT2D eigenvalue weighted by Gasteiger charge is 2.65. The number of rotatable bonds is 8. The molecule has 11 N–H and O–H groups in total. The quantitative estimate of drug-likeness (QED) is 0.0438. The monoisotopic (exact) mass is 760 g/mol. The van der Waals surface area contributed by atoms with E-state index < -0.39 is 79.6 Å². The topological polar surface area (TPSA) is 423 Å². The van der Waals surface area contributed by atoms with Gasteiger partial charge in [0.15, 0.2) is 34.8 Å². The predicted octanol–water partition coefficient (Wildman–Crippen LogP) is -1.25. The maximum absolute atomic E-state index is 15.2. The van der Waals surface area contributed by atoms with Crippen LogP contribution in [0.2, 0.25) is 0 Å². The molecule has 0 unspecified atom stereocenters. The van der Waals surface area contributed by atoms with Crippen LogP contribution in [0.4, 0.5) is 20.7 Å². The number of hydrogen-bond donors (Lipinski definition) is 9. The summed E-state index contributed by atoms with van der Waals surface area (Å²) in [6.07, 6.45) is -5.12. The van der Waals surface area contributed by atoms with Gasteiger partial charge in [0, 0.05) is 9.82 Å². The van der Waals surface area contributed by atoms with Crippen LogP contribution in [0.1, 0.15) is 26.3 Å². The van der Waals surface area contributed by atoms with Crippen molar-refractivity contribution in [3.63, 3.8) is 0 Å². The molecule has 280 valence electrons. The number of aliphatic hydroxyl groups excluding tert-OH is 3. The molecule has 0 spiro atoms. The maximum atomic E-state index is 15.2. The maximum Gasteiger partial charge on any atom is 0.469 e. The Hall–Kier alpha value is -5.31. The van der Waals surface area contributed by atoms with Gasteiger partial charge in [-0.1, -0.05) is 10.2 Å². The summed E-state index contributed by atoms with van der Waals surface area (Å²) in [5.74, 6) is -6.57. The number of nitrogens with two attached hydrogens (primary N) is 2. The second kappa shape index (κ2) is 13.0. The smallest absolute Gasteiger partial charge is 0.390 e. The Morgan fingerprint density at radius 3 is 1.71 bits per heavy atom. The number of hydrogen-bond acceptors (Lipinski definition) is 17. The van der Waals surface area contributed by atoms with Gasteiger partial charge in [-0.15, -0.1) is 0 Å². The molecule has 2 saturated heterocycles. The molecule has 0 saturated carbocycles. The van der Waals surface area contributed by atoms with Crippen LogP contribution >= 0.6 is 7.82 Å². The Labute approximate surface area is 284 Å². The average molecular weight is 761 g/mol. The summed E-state index contributed by atoms with van der Waals surface area (Å²) < 4.78 is 57.1. The number of nitrogens with zero attached hydrogens (tertiary/aromatic N) is 12. The Morgan fingerprint density at radius 1 is 0.923 bits per heavy atom. The lowest BCUT2D eigenvalue weighted by molar-refractivity contribution is -0.206. The van der Waals surface area contributed by atoms with Crippen LogP contribution in [-0.2, 0) is 18.6 Å². The van der Waals surface area contributed by atoms with E-state index in [1.807, 2.05) is 0 Å². The SMILES string of the molecule is C[C@]1(N=[N+]=[N-])[C@H](n2cnc3c(=O)[nH]c(N)nc32)O[C@](F)(CO)[C@H]1O.C[C@]1(N=[N+]=[N-])[C@H](n2cnc3c(=O)[nH]c(N)nc32)O[C@](F)(COP(=O)(O)O)[C@H]1O. The number of anilines is 2. The van der Waals surface area contributed by atoms with Gasteiger partial charge in [-0.05, 0) is 24.9 Å². The van der Waals surface area contributed by atoms with E-state index in [-0.39, 0.29) is 34.2 Å². The van der Waals surface area contributed by atoms with Crippen LogP contribution in [0.5, 0.6) is 0 Å². The van der Waals surface area contributed by atoms with Gasteiger partial charge in [0.1, 0.15) is 36.5 Å². The van der Waals surface area contributed by atoms with E-state index in [1.54, 1.807) is 0 Å². The summed E-state index contributed by atoms with van der Waals surface area (Å²) in [5, 5.41) is 36.6. The Balaban J connectivity index is 0.000000203. The summed E-state index contributed by atoms with van der Waals surface area (Å²) in [7, 11) is -5.10. The lowest BCUT2D eigenvalue weighted by atomic mass is 9.92. The number of imidazole rings is 2. The third-order valence-electron chi connectivity index (χ3n) is 8.11. The number of halogens is 2. The fourth-order valence-corrected chi connectivity index (χ4v) is 5.94. The standard InChI is InChI=1S/C11H14FN8O7P.C11H13FN8O4/c1-10(18-19-14)7(22)11(12,2-26-28(23,24)25)27-8(10)20-3-15-4-5(20)16-9(13)17-6(4)21;1-10(18-19-14)7(23)11(12,2-21)24-8(10)20-3-15-4-5(20)16-9(13)17-6(4)22/h3,7-8,22H,2H2,1H3,(H2,23,24,25)(H3,13,16,17,21);3,7-8,21,23H,2H2,1H3,(H3,13,16,17,22)/t2*7-,8+,10+,11+/m00/s1. The average Bonchev–Trinajstić information content (AvgIpc) is 3.77. The van der Waals surface area contributed by atoms with Crippen LogP contribution in [0, 0.1) is 0 Å². The number of phosphoric ester groups is 1. The van der Waals surface area contributed by atoms with Crippen LogP contribution in [0.25, 0.3) is 43.2 Å². The molecular formula is C22H27F2N16O11P. The van der Waals surface area contributed by atoms with Crippen molar-refractivity contribution >= 4 is 42.0 Å². The summed E-state index contributed by atoms with van der Waals surface area (Å²) in [6, 6.07) is 0. The van der Waals surface area contributed by atoms with Crippen molar-refractivity contribution in [2.24, 2.45) is 10.2 Å². The highest BCUT2D eigenvalue weighted by Crippen LogP contribution is 2.51. The number of aliphatic hydroxyl groups is 3. The molecule has 0 aliphatic carbocycles. The van der Waals surface area contributed by atoms with Gasteiger partial charge in [-0.25, -0.2) is 23.3 Å². The number of nitrogens with one attached hydrogen (secondary N) is 2. The minimum atomic E-state index is -5.10. The molecule has 4 aromatic rings. The number of azide groups is 2. The molecule has 0 aromatic carbocycles. The van der Waals surface area contributed by atoms with E-state index in [0.717, 1.165) is 28.7 Å². The molecule has 6 heterocycles. The lowest BCUT2D eigenvalue weighted by Gasteiger charge is -2.28. The van der Waals surface area contributed by atoms with Crippen LogP contribution < -0.4 is 22.6 Å². The van der Waals surface area contributed by atoms with Crippen LogP contribution in [0.15, 0.2) is 32.5 Å². The molecule has 2 aliphatic heterocycles. The van der Waals surface area contributed by atoms with Crippen molar-refractivity contribution in [1.82, 2.24) is 39.0 Å². The van der Waals surface area contributed by atoms with Gasteiger partial charge in [0.05, 0.1) is 12.7 Å². The molecule has 6 rings (SSSR count). The van der Waals surface area contributed by atoms with E-state index in [0.29, 0.717) is 0 Å². The van der Waals surface area contributed by atoms with Crippen molar-refractivity contribution in [2.75, 3.05) is 24.7 Å². The van der Waals surface area contributed by atoms with E-state index in [1.165, 1.54) is 6.92 Å². The zero-order valence-electron chi connectivity index (χ0n) is 26.3. The minimum absolute atomic E-state index is 0.0602. The predicted molar refractivity (Wildman–Crippen MR) is 165 cm³/mol. The Kier molecular flexibility index (Phi) is 9.50. The summed E-state index contributed by atoms with van der Waals surface area (Å²) in [6.45, 7) is -0.192. The number of ether oxygens (including phenoxy) is 2. The zero-order valence-corrected chi connectivity index (χ0v) is 27.2. The van der Waals surface area contributed by atoms with E-state index in [9.17, 15) is 33.9 Å². The van der Waals surface area contributed by atoms with Gasteiger partial charge in [0.2, 0.25) is 11.9 Å². The molecule has 4 aromatic heterocycles. The number of H-pyrrole nitrogens is 2.